The number of nitrogens with zero attached hydrogens (tertiary/aromatic N) is 4. The Labute approximate surface area is 136 Å². The maximum Gasteiger partial charge on any atom is 0.453 e. The SMILES string of the molecule is COc1cc(/C=N\n2c(C(F)(F)F)n[nH]c2=S)cc([N+](=O)[O-])c1[O-]. The lowest BCUT2D eigenvalue weighted by molar-refractivity contribution is -0.398. The van der Waals surface area contributed by atoms with Crippen molar-refractivity contribution in [3.63, 3.8) is 0 Å². The fourth-order valence-corrected chi connectivity index (χ4v) is 1.86. The number of hydrogen-bond acceptors (Lipinski definition) is 7. The standard InChI is InChI=1S/C11H8F3N5O4S/c1-23-7-3-5(2-6(8(7)20)19(21)22)4-15-18-9(11(12,13)14)16-17-10(18)24/h2-4,20H,1H3,(H,17,24)/p-1/b15-4-. The summed E-state index contributed by atoms with van der Waals surface area (Å²) >= 11 is 4.64. The molecule has 0 amide bonds. The van der Waals surface area contributed by atoms with Gasteiger partial charge in [0.05, 0.1) is 18.2 Å². The fourth-order valence-electron chi connectivity index (χ4n) is 1.68. The maximum atomic E-state index is 12.8. The highest BCUT2D eigenvalue weighted by atomic mass is 32.1. The van der Waals surface area contributed by atoms with E-state index in [1.807, 2.05) is 5.10 Å². The van der Waals surface area contributed by atoms with Gasteiger partial charge in [-0.25, -0.2) is 5.10 Å². The molecular weight excluding hydrogens is 355 g/mol. The lowest BCUT2D eigenvalue weighted by atomic mass is 10.2. The lowest BCUT2D eigenvalue weighted by Crippen LogP contribution is -2.12. The number of nitro benzene ring substituents is 1. The van der Waals surface area contributed by atoms with Crippen LogP contribution in [0.1, 0.15) is 11.4 Å². The molecule has 0 bridgehead atoms. The average Bonchev–Trinajstić information content (AvgIpc) is 2.87. The van der Waals surface area contributed by atoms with Gasteiger partial charge in [0.25, 0.3) is 11.5 Å². The average molecular weight is 362 g/mol. The van der Waals surface area contributed by atoms with Crippen molar-refractivity contribution < 1.29 is 27.9 Å². The van der Waals surface area contributed by atoms with Crippen molar-refractivity contribution in [3.8, 4) is 11.5 Å². The van der Waals surface area contributed by atoms with Crippen molar-refractivity contribution >= 4 is 24.1 Å². The molecule has 13 heteroatoms. The number of benzene rings is 1. The van der Waals surface area contributed by atoms with Gasteiger partial charge in [-0.05, 0) is 18.3 Å². The molecule has 0 unspecified atom stereocenters. The molecule has 1 aromatic carbocycles. The summed E-state index contributed by atoms with van der Waals surface area (Å²) in [5.74, 6) is -2.71. The van der Waals surface area contributed by atoms with Gasteiger partial charge in [0.15, 0.2) is 0 Å². The summed E-state index contributed by atoms with van der Waals surface area (Å²) in [4.78, 5) is 9.90. The summed E-state index contributed by atoms with van der Waals surface area (Å²) in [7, 11) is 1.12. The minimum atomic E-state index is -4.81. The first-order valence-corrected chi connectivity index (χ1v) is 6.38. The molecule has 0 radical (unpaired) electrons. The number of ether oxygens (including phenoxy) is 1. The Hall–Kier alpha value is -2.96. The van der Waals surface area contributed by atoms with E-state index in [0.29, 0.717) is 4.68 Å². The third-order valence-corrected chi connectivity index (χ3v) is 2.96. The molecule has 0 atom stereocenters. The van der Waals surface area contributed by atoms with Gasteiger partial charge in [0.2, 0.25) is 4.77 Å². The molecule has 0 aliphatic rings. The van der Waals surface area contributed by atoms with E-state index in [-0.39, 0.29) is 11.3 Å². The van der Waals surface area contributed by atoms with Crippen molar-refractivity contribution in [1.82, 2.24) is 14.9 Å². The number of halogens is 3. The summed E-state index contributed by atoms with van der Waals surface area (Å²) in [5.41, 5.74) is -0.836. The largest absolute Gasteiger partial charge is 0.865 e. The molecule has 0 saturated carbocycles. The predicted molar refractivity (Wildman–Crippen MR) is 74.5 cm³/mol. The summed E-state index contributed by atoms with van der Waals surface area (Å²) in [6.45, 7) is 0. The van der Waals surface area contributed by atoms with Crippen LogP contribution in [0.5, 0.6) is 11.5 Å². The summed E-state index contributed by atoms with van der Waals surface area (Å²) in [6, 6.07) is 1.95. The number of alkyl halides is 3. The van der Waals surface area contributed by atoms with Crippen LogP contribution < -0.4 is 9.84 Å². The number of hydrogen-bond donors (Lipinski definition) is 1. The van der Waals surface area contributed by atoms with E-state index in [2.05, 4.69) is 22.4 Å². The maximum absolute atomic E-state index is 12.8. The van der Waals surface area contributed by atoms with Crippen LogP contribution in [0.4, 0.5) is 18.9 Å². The van der Waals surface area contributed by atoms with Crippen molar-refractivity contribution in [2.24, 2.45) is 5.10 Å². The molecule has 0 aliphatic carbocycles. The first kappa shape index (κ1) is 17.4. The number of methoxy groups -OCH3 is 1. The second-order valence-corrected chi connectivity index (χ2v) is 4.62. The Bertz CT molecular complexity index is 874. The second-order valence-electron chi connectivity index (χ2n) is 4.24. The number of H-pyrrole nitrogens is 1. The van der Waals surface area contributed by atoms with Gasteiger partial charge in [-0.1, -0.05) is 0 Å². The van der Waals surface area contributed by atoms with Crippen LogP contribution in [-0.2, 0) is 6.18 Å². The molecule has 2 aromatic rings. The first-order valence-electron chi connectivity index (χ1n) is 5.97. The Balaban J connectivity index is 2.51. The first-order chi connectivity index (χ1) is 11.1. The predicted octanol–water partition coefficient (Wildman–Crippen LogP) is 1.83. The van der Waals surface area contributed by atoms with Gasteiger partial charge in [-0.3, -0.25) is 10.1 Å². The minimum Gasteiger partial charge on any atom is -0.865 e. The van der Waals surface area contributed by atoms with Crippen molar-refractivity contribution in [2.75, 3.05) is 7.11 Å². The van der Waals surface area contributed by atoms with Gasteiger partial charge < -0.3 is 9.84 Å². The zero-order valence-corrected chi connectivity index (χ0v) is 12.5. The van der Waals surface area contributed by atoms with Crippen LogP contribution in [0.25, 0.3) is 0 Å². The highest BCUT2D eigenvalue weighted by Crippen LogP contribution is 2.34. The normalized spacial score (nSPS) is 11.8. The van der Waals surface area contributed by atoms with Crippen LogP contribution in [0, 0.1) is 14.9 Å². The fraction of sp³-hybridized carbons (Fsp3) is 0.182. The molecule has 1 N–H and O–H groups in total. The number of aromatic nitrogens is 3. The van der Waals surface area contributed by atoms with Crippen LogP contribution in [0.2, 0.25) is 0 Å². The molecule has 9 nitrogen and oxygen atoms in total. The zero-order valence-electron chi connectivity index (χ0n) is 11.7. The van der Waals surface area contributed by atoms with E-state index >= 15 is 0 Å². The molecule has 1 aromatic heterocycles. The van der Waals surface area contributed by atoms with Gasteiger partial charge in [0, 0.05) is 17.4 Å². The number of nitro groups is 1. The van der Waals surface area contributed by atoms with E-state index in [1.165, 1.54) is 0 Å². The topological polar surface area (TPSA) is 121 Å². The molecule has 0 fully saturated rings. The molecule has 1 heterocycles. The van der Waals surface area contributed by atoms with Crippen LogP contribution in [0.3, 0.4) is 0 Å². The molecule has 0 aliphatic heterocycles. The lowest BCUT2D eigenvalue weighted by Gasteiger charge is -2.13. The Morgan fingerprint density at radius 1 is 1.50 bits per heavy atom. The summed E-state index contributed by atoms with van der Waals surface area (Å²) in [6.07, 6.45) is -3.96. The Morgan fingerprint density at radius 3 is 2.71 bits per heavy atom. The molecule has 128 valence electrons. The van der Waals surface area contributed by atoms with E-state index in [9.17, 15) is 28.4 Å². The quantitative estimate of drug-likeness (QED) is 0.383. The monoisotopic (exact) mass is 362 g/mol. The van der Waals surface area contributed by atoms with Crippen LogP contribution in [-0.4, -0.2) is 33.1 Å². The number of nitrogens with one attached hydrogen (secondary N) is 1. The third kappa shape index (κ3) is 3.34. The van der Waals surface area contributed by atoms with Crippen molar-refractivity contribution in [1.29, 1.82) is 0 Å². The minimum absolute atomic E-state index is 0.0330. The van der Waals surface area contributed by atoms with E-state index in [0.717, 1.165) is 25.5 Å². The van der Waals surface area contributed by atoms with Crippen LogP contribution in [0.15, 0.2) is 17.2 Å². The van der Waals surface area contributed by atoms with Gasteiger partial charge in [0.1, 0.15) is 5.75 Å². The zero-order chi connectivity index (χ0) is 18.1. The summed E-state index contributed by atoms with van der Waals surface area (Å²) < 4.78 is 42.8. The molecule has 24 heavy (non-hydrogen) atoms. The van der Waals surface area contributed by atoms with Crippen molar-refractivity contribution in [2.45, 2.75) is 6.18 Å². The third-order valence-electron chi connectivity index (χ3n) is 2.70. The molecule has 0 saturated heterocycles. The molecule has 0 spiro atoms. The highest BCUT2D eigenvalue weighted by Gasteiger charge is 2.37. The van der Waals surface area contributed by atoms with Gasteiger partial charge >= 0.3 is 6.18 Å². The van der Waals surface area contributed by atoms with Crippen LogP contribution >= 0.6 is 12.2 Å². The Morgan fingerprint density at radius 2 is 2.17 bits per heavy atom. The van der Waals surface area contributed by atoms with Gasteiger partial charge in [-0.2, -0.15) is 22.9 Å². The van der Waals surface area contributed by atoms with E-state index < -0.39 is 33.1 Å². The second kappa shape index (κ2) is 6.27. The summed E-state index contributed by atoms with van der Waals surface area (Å²) in [5, 5.41) is 31.0. The number of aromatic amines is 1. The highest BCUT2D eigenvalue weighted by molar-refractivity contribution is 7.71. The Kier molecular flexibility index (Phi) is 4.54. The number of rotatable bonds is 4. The molecular formula is C11H7F3N5O4S-. The van der Waals surface area contributed by atoms with Crippen molar-refractivity contribution in [3.05, 3.63) is 38.4 Å². The van der Waals surface area contributed by atoms with Gasteiger partial charge in [-0.15, -0.1) is 5.10 Å². The smallest absolute Gasteiger partial charge is 0.453 e. The van der Waals surface area contributed by atoms with E-state index in [4.69, 9.17) is 4.74 Å². The van der Waals surface area contributed by atoms with E-state index in [1.54, 1.807) is 0 Å². The molecule has 2 rings (SSSR count).